The van der Waals surface area contributed by atoms with Crippen LogP contribution < -0.4 is 16.6 Å². The number of hydrazine groups is 1. The molecule has 0 saturated heterocycles. The van der Waals surface area contributed by atoms with Gasteiger partial charge in [-0.2, -0.15) is 16.7 Å². The highest BCUT2D eigenvalue weighted by atomic mass is 32.2. The summed E-state index contributed by atoms with van der Waals surface area (Å²) in [4.78, 5) is 18.3. The van der Waals surface area contributed by atoms with E-state index in [0.717, 1.165) is 25.5 Å². The minimum absolute atomic E-state index is 0.134. The largest absolute Gasteiger partial charge is 0.360 e. The number of thioether (sulfide) groups is 1. The smallest absolute Gasteiger partial charge is 0.329 e. The maximum absolute atomic E-state index is 11.0. The standard InChI is InChI=1S/C10H16N6O2S/c1-19-8-4-2-3-6(8)13-9-7(16(17)18)5-12-10(14-9)15-11/h5-6,8H,2-4,11H2,1H3,(H2,12,13,14,15). The van der Waals surface area contributed by atoms with Crippen LogP contribution in [0.5, 0.6) is 0 Å². The van der Waals surface area contributed by atoms with Gasteiger partial charge in [-0.25, -0.2) is 10.8 Å². The molecular formula is C10H16N6O2S. The van der Waals surface area contributed by atoms with Gasteiger partial charge < -0.3 is 5.32 Å². The van der Waals surface area contributed by atoms with Crippen LogP contribution in [-0.4, -0.2) is 32.4 Å². The van der Waals surface area contributed by atoms with Gasteiger partial charge in [-0.15, -0.1) is 0 Å². The van der Waals surface area contributed by atoms with Gasteiger partial charge in [-0.3, -0.25) is 15.5 Å². The molecule has 19 heavy (non-hydrogen) atoms. The molecule has 0 bridgehead atoms. The summed E-state index contributed by atoms with van der Waals surface area (Å²) >= 11 is 1.77. The van der Waals surface area contributed by atoms with E-state index in [2.05, 4.69) is 20.7 Å². The lowest BCUT2D eigenvalue weighted by atomic mass is 10.2. The Morgan fingerprint density at radius 1 is 1.58 bits per heavy atom. The Morgan fingerprint density at radius 3 is 3.00 bits per heavy atom. The number of nitrogens with two attached hydrogens (primary N) is 1. The number of nitrogen functional groups attached to an aromatic ring is 1. The highest BCUT2D eigenvalue weighted by molar-refractivity contribution is 7.99. The third-order valence-corrected chi connectivity index (χ3v) is 4.34. The monoisotopic (exact) mass is 284 g/mol. The Kier molecular flexibility index (Phi) is 4.38. The molecule has 2 rings (SSSR count). The number of anilines is 2. The molecule has 0 aliphatic heterocycles. The Labute approximate surface area is 114 Å². The molecule has 1 saturated carbocycles. The van der Waals surface area contributed by atoms with Gasteiger partial charge in [0.05, 0.1) is 4.92 Å². The average Bonchev–Trinajstić information content (AvgIpc) is 2.85. The van der Waals surface area contributed by atoms with E-state index in [1.165, 1.54) is 0 Å². The van der Waals surface area contributed by atoms with E-state index in [9.17, 15) is 10.1 Å². The average molecular weight is 284 g/mol. The third-order valence-electron chi connectivity index (χ3n) is 3.17. The van der Waals surface area contributed by atoms with E-state index in [1.807, 2.05) is 6.26 Å². The molecule has 0 spiro atoms. The molecule has 1 heterocycles. The van der Waals surface area contributed by atoms with Crippen molar-refractivity contribution in [3.8, 4) is 0 Å². The van der Waals surface area contributed by atoms with Crippen molar-refractivity contribution in [1.82, 2.24) is 9.97 Å². The van der Waals surface area contributed by atoms with Gasteiger partial charge in [-0.05, 0) is 19.1 Å². The summed E-state index contributed by atoms with van der Waals surface area (Å²) in [5, 5.41) is 14.6. The molecule has 1 aromatic heterocycles. The number of nitrogens with zero attached hydrogens (tertiary/aromatic N) is 3. The van der Waals surface area contributed by atoms with Crippen LogP contribution in [0.1, 0.15) is 19.3 Å². The molecule has 0 radical (unpaired) electrons. The van der Waals surface area contributed by atoms with Gasteiger partial charge in [0.25, 0.3) is 0 Å². The van der Waals surface area contributed by atoms with Crippen molar-refractivity contribution in [2.75, 3.05) is 17.0 Å². The van der Waals surface area contributed by atoms with E-state index < -0.39 is 4.92 Å². The number of hydrogen-bond donors (Lipinski definition) is 3. The summed E-state index contributed by atoms with van der Waals surface area (Å²) < 4.78 is 0. The normalized spacial score (nSPS) is 22.2. The van der Waals surface area contributed by atoms with Crippen molar-refractivity contribution in [3.63, 3.8) is 0 Å². The van der Waals surface area contributed by atoms with Crippen molar-refractivity contribution in [2.45, 2.75) is 30.6 Å². The van der Waals surface area contributed by atoms with Gasteiger partial charge in [-0.1, -0.05) is 6.42 Å². The van der Waals surface area contributed by atoms with Gasteiger partial charge in [0, 0.05) is 11.3 Å². The summed E-state index contributed by atoms with van der Waals surface area (Å²) in [6, 6.07) is 0.189. The summed E-state index contributed by atoms with van der Waals surface area (Å²) in [6.45, 7) is 0. The molecule has 1 aliphatic rings. The first-order chi connectivity index (χ1) is 9.15. The first kappa shape index (κ1) is 13.8. The van der Waals surface area contributed by atoms with Gasteiger partial charge in [0.15, 0.2) is 0 Å². The molecule has 9 heteroatoms. The second-order valence-electron chi connectivity index (χ2n) is 4.28. The quantitative estimate of drug-likeness (QED) is 0.421. The summed E-state index contributed by atoms with van der Waals surface area (Å²) in [5.74, 6) is 5.61. The highest BCUT2D eigenvalue weighted by Gasteiger charge is 2.29. The minimum atomic E-state index is -0.494. The Balaban J connectivity index is 2.24. The molecule has 1 aliphatic carbocycles. The number of nitrogens with one attached hydrogen (secondary N) is 2. The third kappa shape index (κ3) is 3.04. The van der Waals surface area contributed by atoms with Crippen LogP contribution in [-0.2, 0) is 0 Å². The van der Waals surface area contributed by atoms with E-state index >= 15 is 0 Å². The first-order valence-corrected chi connectivity index (χ1v) is 7.22. The van der Waals surface area contributed by atoms with Gasteiger partial charge in [0.1, 0.15) is 6.20 Å². The number of nitro groups is 1. The number of rotatable bonds is 5. The first-order valence-electron chi connectivity index (χ1n) is 5.93. The van der Waals surface area contributed by atoms with E-state index in [0.29, 0.717) is 5.25 Å². The maximum atomic E-state index is 11.0. The zero-order valence-electron chi connectivity index (χ0n) is 10.5. The molecule has 8 nitrogen and oxygen atoms in total. The predicted octanol–water partition coefficient (Wildman–Crippen LogP) is 1.37. The maximum Gasteiger partial charge on any atom is 0.329 e. The van der Waals surface area contributed by atoms with Crippen molar-refractivity contribution in [3.05, 3.63) is 16.3 Å². The predicted molar refractivity (Wildman–Crippen MR) is 75.1 cm³/mol. The van der Waals surface area contributed by atoms with Gasteiger partial charge in [0.2, 0.25) is 11.8 Å². The van der Waals surface area contributed by atoms with Crippen LogP contribution in [0.3, 0.4) is 0 Å². The van der Waals surface area contributed by atoms with Crippen molar-refractivity contribution in [2.24, 2.45) is 5.84 Å². The fourth-order valence-electron chi connectivity index (χ4n) is 2.23. The molecule has 2 unspecified atom stereocenters. The summed E-state index contributed by atoms with van der Waals surface area (Å²) in [6.07, 6.45) is 6.42. The van der Waals surface area contributed by atoms with Crippen LogP contribution in [0, 0.1) is 10.1 Å². The molecule has 0 aromatic carbocycles. The van der Waals surface area contributed by atoms with Crippen molar-refractivity contribution < 1.29 is 4.92 Å². The van der Waals surface area contributed by atoms with E-state index in [1.54, 1.807) is 11.8 Å². The summed E-state index contributed by atoms with van der Waals surface area (Å²) in [7, 11) is 0. The lowest BCUT2D eigenvalue weighted by Crippen LogP contribution is -2.27. The second-order valence-corrected chi connectivity index (χ2v) is 5.36. The molecule has 1 fully saturated rings. The van der Waals surface area contributed by atoms with Crippen LogP contribution in [0.25, 0.3) is 0 Å². The van der Waals surface area contributed by atoms with Crippen molar-refractivity contribution in [1.29, 1.82) is 0 Å². The van der Waals surface area contributed by atoms with Crippen molar-refractivity contribution >= 4 is 29.2 Å². The molecule has 2 atom stereocenters. The van der Waals surface area contributed by atoms with E-state index in [-0.39, 0.29) is 23.5 Å². The fraction of sp³-hybridized carbons (Fsp3) is 0.600. The molecule has 1 aromatic rings. The Hall–Kier alpha value is -1.61. The van der Waals surface area contributed by atoms with Gasteiger partial charge >= 0.3 is 5.69 Å². The van der Waals surface area contributed by atoms with E-state index in [4.69, 9.17) is 5.84 Å². The number of hydrogen-bond acceptors (Lipinski definition) is 8. The fourth-order valence-corrected chi connectivity index (χ4v) is 3.17. The minimum Gasteiger partial charge on any atom is -0.360 e. The molecule has 104 valence electrons. The zero-order chi connectivity index (χ0) is 13.8. The topological polar surface area (TPSA) is 119 Å². The van der Waals surface area contributed by atoms with Crippen LogP contribution in [0.15, 0.2) is 6.20 Å². The number of aromatic nitrogens is 2. The Morgan fingerprint density at radius 2 is 2.37 bits per heavy atom. The zero-order valence-corrected chi connectivity index (χ0v) is 11.3. The lowest BCUT2D eigenvalue weighted by molar-refractivity contribution is -0.384. The second kappa shape index (κ2) is 6.02. The van der Waals surface area contributed by atoms with Crippen LogP contribution in [0.2, 0.25) is 0 Å². The Bertz CT molecular complexity index is 471. The highest BCUT2D eigenvalue weighted by Crippen LogP contribution is 2.32. The molecule has 0 amide bonds. The molecular weight excluding hydrogens is 268 g/mol. The molecule has 4 N–H and O–H groups in total. The SMILES string of the molecule is CSC1CCCC1Nc1nc(NN)ncc1[N+](=O)[O-]. The van der Waals surface area contributed by atoms with Crippen LogP contribution >= 0.6 is 11.8 Å². The van der Waals surface area contributed by atoms with Crippen LogP contribution in [0.4, 0.5) is 17.5 Å². The lowest BCUT2D eigenvalue weighted by Gasteiger charge is -2.19. The summed E-state index contributed by atoms with van der Waals surface area (Å²) in [5.41, 5.74) is 2.16.